The molecule has 8 heteroatoms. The molecule has 8 nitrogen and oxygen atoms in total. The van der Waals surface area contributed by atoms with Crippen molar-refractivity contribution in [1.82, 2.24) is 20.3 Å². The first-order valence-corrected chi connectivity index (χ1v) is 9.90. The van der Waals surface area contributed by atoms with Crippen molar-refractivity contribution in [3.8, 4) is 0 Å². The summed E-state index contributed by atoms with van der Waals surface area (Å²) >= 11 is 0. The fourth-order valence-electron chi connectivity index (χ4n) is 4.37. The molecule has 0 atom stereocenters. The Bertz CT molecular complexity index is 1360. The van der Waals surface area contributed by atoms with Crippen molar-refractivity contribution in [2.45, 2.75) is 19.5 Å². The Hall–Kier alpha value is -3.78. The van der Waals surface area contributed by atoms with Crippen LogP contribution in [0.25, 0.3) is 11.1 Å². The van der Waals surface area contributed by atoms with Gasteiger partial charge < -0.3 is 21.2 Å². The van der Waals surface area contributed by atoms with Gasteiger partial charge in [0.05, 0.1) is 0 Å². The van der Waals surface area contributed by atoms with Gasteiger partial charge in [0.15, 0.2) is 16.9 Å². The van der Waals surface area contributed by atoms with Crippen molar-refractivity contribution in [1.29, 1.82) is 0 Å². The molecule has 30 heavy (non-hydrogen) atoms. The summed E-state index contributed by atoms with van der Waals surface area (Å²) in [5.74, 6) is 1.32. The summed E-state index contributed by atoms with van der Waals surface area (Å²) in [7, 11) is 0. The molecule has 0 spiro atoms. The van der Waals surface area contributed by atoms with E-state index >= 15 is 0 Å². The number of nitrogens with zero attached hydrogens (tertiary/aromatic N) is 4. The molecule has 4 aromatic rings. The molecule has 0 amide bonds. The number of nitrogens with one attached hydrogen (secondary N) is 1. The van der Waals surface area contributed by atoms with E-state index in [0.717, 1.165) is 42.2 Å². The molecular formula is C22H20N7O+. The van der Waals surface area contributed by atoms with Crippen molar-refractivity contribution in [2.75, 3.05) is 18.0 Å². The fraction of sp³-hybridized carbons (Fsp3) is 0.182. The van der Waals surface area contributed by atoms with Crippen molar-refractivity contribution >= 4 is 34.5 Å². The lowest BCUT2D eigenvalue weighted by molar-refractivity contribution is -0.473. The van der Waals surface area contributed by atoms with Crippen LogP contribution in [0, 0.1) is 0 Å². The second-order valence-corrected chi connectivity index (χ2v) is 7.66. The minimum Gasteiger partial charge on any atom is -0.424 e. The molecule has 0 radical (unpaired) electrons. The highest BCUT2D eigenvalue weighted by Gasteiger charge is 2.39. The number of hydrogen-bond acceptors (Lipinski definition) is 7. The largest absolute Gasteiger partial charge is 0.424 e. The average Bonchev–Trinajstić information content (AvgIpc) is 3.12. The van der Waals surface area contributed by atoms with Crippen LogP contribution in [-0.2, 0) is 19.5 Å². The first-order chi connectivity index (χ1) is 14.7. The van der Waals surface area contributed by atoms with E-state index in [0.29, 0.717) is 23.5 Å². The third kappa shape index (κ3) is 2.57. The smallest absolute Gasteiger partial charge is 0.341 e. The molecule has 5 N–H and O–H groups in total. The van der Waals surface area contributed by atoms with E-state index in [9.17, 15) is 0 Å². The molecule has 0 fully saturated rings. The van der Waals surface area contributed by atoms with Crippen LogP contribution in [0.4, 0.5) is 17.7 Å². The van der Waals surface area contributed by atoms with Crippen LogP contribution in [0.5, 0.6) is 0 Å². The number of nitrogen functional groups attached to an aromatic ring is 2. The molecular weight excluding hydrogens is 378 g/mol. The van der Waals surface area contributed by atoms with E-state index in [4.69, 9.17) is 15.9 Å². The quantitative estimate of drug-likeness (QED) is 0.452. The molecule has 2 aliphatic heterocycles. The van der Waals surface area contributed by atoms with Crippen molar-refractivity contribution < 1.29 is 8.99 Å². The first-order valence-electron chi connectivity index (χ1n) is 9.90. The zero-order valence-electron chi connectivity index (χ0n) is 16.2. The van der Waals surface area contributed by atoms with Gasteiger partial charge in [-0.1, -0.05) is 18.2 Å². The Labute approximate surface area is 172 Å². The summed E-state index contributed by atoms with van der Waals surface area (Å²) in [4.78, 5) is 12.9. The maximum Gasteiger partial charge on any atom is 0.341 e. The summed E-state index contributed by atoms with van der Waals surface area (Å²) in [6, 6.07) is 12.7. The van der Waals surface area contributed by atoms with Crippen LogP contribution in [0.3, 0.4) is 0 Å². The van der Waals surface area contributed by atoms with Gasteiger partial charge in [-0.2, -0.15) is 9.97 Å². The second kappa shape index (κ2) is 6.36. The van der Waals surface area contributed by atoms with Crippen LogP contribution >= 0.6 is 0 Å². The lowest BCUT2D eigenvalue weighted by Crippen LogP contribution is -2.32. The highest BCUT2D eigenvalue weighted by molar-refractivity contribution is 6.19. The van der Waals surface area contributed by atoms with Crippen LogP contribution in [0.15, 0.2) is 47.1 Å². The molecule has 2 aliphatic rings. The highest BCUT2D eigenvalue weighted by Crippen LogP contribution is 2.35. The minimum atomic E-state index is 0.157. The standard InChI is InChI=1S/C22H19N7O/c23-20-18-19(14-3-4-17-16(8-14)28-22(24)30-17)29(21(18)27-11-26-20)10-12-1-2-15-9-25-6-5-13(15)7-12/h1-4,7-8,11,23,25H,5-6,9-10H2,(H2,24,28)/p+1. The summed E-state index contributed by atoms with van der Waals surface area (Å²) in [5.41, 5.74) is 20.1. The van der Waals surface area contributed by atoms with Gasteiger partial charge in [-0.05, 0) is 52.8 Å². The predicted molar refractivity (Wildman–Crippen MR) is 114 cm³/mol. The summed E-state index contributed by atoms with van der Waals surface area (Å²) < 4.78 is 7.59. The molecule has 4 heterocycles. The molecule has 148 valence electrons. The van der Waals surface area contributed by atoms with Gasteiger partial charge in [0.25, 0.3) is 6.01 Å². The van der Waals surface area contributed by atoms with E-state index in [2.05, 4.69) is 43.0 Å². The summed E-state index contributed by atoms with van der Waals surface area (Å²) in [6.45, 7) is 2.66. The predicted octanol–water partition coefficient (Wildman–Crippen LogP) is 2.12. The Morgan fingerprint density at radius 3 is 2.93 bits per heavy atom. The van der Waals surface area contributed by atoms with Crippen LogP contribution in [-0.4, -0.2) is 31.8 Å². The Kier molecular flexibility index (Phi) is 3.63. The second-order valence-electron chi connectivity index (χ2n) is 7.66. The third-order valence-electron chi connectivity index (χ3n) is 5.79. The van der Waals surface area contributed by atoms with Gasteiger partial charge in [0, 0.05) is 12.1 Å². The topological polar surface area (TPSA) is 119 Å². The van der Waals surface area contributed by atoms with Gasteiger partial charge >= 0.3 is 5.82 Å². The van der Waals surface area contributed by atoms with Crippen LogP contribution in [0.2, 0.25) is 0 Å². The molecule has 0 aliphatic carbocycles. The number of oxazole rings is 1. The number of fused-ring (bicyclic) bond motifs is 3. The Morgan fingerprint density at radius 1 is 1.07 bits per heavy atom. The number of hydrogen-bond donors (Lipinski definition) is 3. The summed E-state index contributed by atoms with van der Waals surface area (Å²) in [6.07, 6.45) is 2.56. The summed E-state index contributed by atoms with van der Waals surface area (Å²) in [5, 5.41) is 3.42. The number of anilines is 2. The SMILES string of the molecule is Nc1nc2cc(C3=[N+](Cc4ccc5c(c4)CCNC5)c4ncnc(N)c43)ccc2o1. The van der Waals surface area contributed by atoms with E-state index in [-0.39, 0.29) is 6.01 Å². The highest BCUT2D eigenvalue weighted by atomic mass is 16.4. The van der Waals surface area contributed by atoms with Crippen molar-refractivity contribution in [3.63, 3.8) is 0 Å². The third-order valence-corrected chi connectivity index (χ3v) is 5.79. The molecule has 6 rings (SSSR count). The molecule has 0 saturated carbocycles. The van der Waals surface area contributed by atoms with Crippen LogP contribution in [0.1, 0.15) is 27.8 Å². The van der Waals surface area contributed by atoms with Crippen LogP contribution < -0.4 is 16.8 Å². The normalized spacial score (nSPS) is 15.1. The van der Waals surface area contributed by atoms with Gasteiger partial charge in [0.1, 0.15) is 17.9 Å². The van der Waals surface area contributed by atoms with E-state index in [1.807, 2.05) is 18.2 Å². The van der Waals surface area contributed by atoms with E-state index in [1.54, 1.807) is 0 Å². The first kappa shape index (κ1) is 17.1. The fourth-order valence-corrected chi connectivity index (χ4v) is 4.37. The van der Waals surface area contributed by atoms with E-state index < -0.39 is 0 Å². The Balaban J connectivity index is 1.46. The maximum absolute atomic E-state index is 6.20. The van der Waals surface area contributed by atoms with Crippen molar-refractivity contribution in [3.05, 3.63) is 70.5 Å². The zero-order valence-corrected chi connectivity index (χ0v) is 16.2. The zero-order chi connectivity index (χ0) is 20.2. The molecule has 0 unspecified atom stereocenters. The molecule has 2 aromatic carbocycles. The maximum atomic E-state index is 6.20. The van der Waals surface area contributed by atoms with Gasteiger partial charge in [-0.15, -0.1) is 0 Å². The molecule has 0 bridgehead atoms. The van der Waals surface area contributed by atoms with Gasteiger partial charge in [-0.25, -0.2) is 4.58 Å². The lowest BCUT2D eigenvalue weighted by Gasteiger charge is -2.23. The monoisotopic (exact) mass is 398 g/mol. The number of aromatic nitrogens is 3. The van der Waals surface area contributed by atoms with E-state index in [1.165, 1.54) is 23.0 Å². The Morgan fingerprint density at radius 2 is 2.00 bits per heavy atom. The van der Waals surface area contributed by atoms with Gasteiger partial charge in [-0.3, -0.25) is 0 Å². The number of rotatable bonds is 3. The minimum absolute atomic E-state index is 0.157. The number of benzene rings is 2. The molecule has 2 aromatic heterocycles. The van der Waals surface area contributed by atoms with Gasteiger partial charge in [0.2, 0.25) is 6.33 Å². The average molecular weight is 398 g/mol. The molecule has 0 saturated heterocycles. The van der Waals surface area contributed by atoms with Crippen molar-refractivity contribution in [2.24, 2.45) is 0 Å². The lowest BCUT2D eigenvalue weighted by atomic mass is 9.95. The number of nitrogens with two attached hydrogens (primary N) is 2.